The number of nitrogens with zero attached hydrogens (tertiary/aromatic N) is 7. The van der Waals surface area contributed by atoms with Gasteiger partial charge in [-0.2, -0.15) is 0 Å². The second kappa shape index (κ2) is 6.62. The smallest absolute Gasteiger partial charge is 0.225 e. The quantitative estimate of drug-likeness (QED) is 0.479. The molecule has 0 aliphatic carbocycles. The third-order valence-electron chi connectivity index (χ3n) is 4.38. The van der Waals surface area contributed by atoms with Gasteiger partial charge in [-0.15, -0.1) is 0 Å². The number of rotatable bonds is 4. The topological polar surface area (TPSA) is 98.1 Å². The summed E-state index contributed by atoms with van der Waals surface area (Å²) in [6.45, 7) is 2.85. The van der Waals surface area contributed by atoms with Crippen LogP contribution in [0.25, 0.3) is 10.4 Å². The molecule has 2 fully saturated rings. The summed E-state index contributed by atoms with van der Waals surface area (Å²) in [5, 5.41) is 3.60. The standard InChI is InChI=1S/C14H19N7O/c15-19-18-9-11-8-13(22)21(10-11)12-2-6-20(7-3-12)14-16-4-1-5-17-14/h1,4-5,11-12H,2-3,6-10H2. The Morgan fingerprint density at radius 2 is 2.05 bits per heavy atom. The Bertz CT molecular complexity index is 564. The second-order valence-electron chi connectivity index (χ2n) is 5.80. The molecular formula is C14H19N7O. The molecule has 116 valence electrons. The van der Waals surface area contributed by atoms with Crippen LogP contribution in [0, 0.1) is 5.92 Å². The molecule has 3 heterocycles. The number of anilines is 1. The minimum absolute atomic E-state index is 0.166. The van der Waals surface area contributed by atoms with Crippen molar-refractivity contribution >= 4 is 11.9 Å². The molecule has 0 saturated carbocycles. The zero-order valence-corrected chi connectivity index (χ0v) is 12.4. The van der Waals surface area contributed by atoms with E-state index in [0.29, 0.717) is 19.5 Å². The van der Waals surface area contributed by atoms with Crippen molar-refractivity contribution in [2.75, 3.05) is 31.1 Å². The predicted molar refractivity (Wildman–Crippen MR) is 81.1 cm³/mol. The molecule has 2 saturated heterocycles. The molecule has 8 heteroatoms. The first-order valence-corrected chi connectivity index (χ1v) is 7.60. The van der Waals surface area contributed by atoms with E-state index >= 15 is 0 Å². The maximum Gasteiger partial charge on any atom is 0.225 e. The van der Waals surface area contributed by atoms with Crippen LogP contribution >= 0.6 is 0 Å². The number of hydrogen-bond donors (Lipinski definition) is 0. The van der Waals surface area contributed by atoms with Gasteiger partial charge in [0.15, 0.2) is 0 Å². The summed E-state index contributed by atoms with van der Waals surface area (Å²) >= 11 is 0. The molecule has 0 spiro atoms. The first kappa shape index (κ1) is 14.6. The van der Waals surface area contributed by atoms with E-state index in [1.165, 1.54) is 0 Å². The maximum atomic E-state index is 12.2. The van der Waals surface area contributed by atoms with Crippen LogP contribution in [0.15, 0.2) is 23.6 Å². The molecule has 2 aliphatic rings. The van der Waals surface area contributed by atoms with E-state index in [4.69, 9.17) is 5.53 Å². The fraction of sp³-hybridized carbons (Fsp3) is 0.643. The van der Waals surface area contributed by atoms with E-state index in [2.05, 4.69) is 24.9 Å². The van der Waals surface area contributed by atoms with Gasteiger partial charge in [0.05, 0.1) is 0 Å². The molecule has 22 heavy (non-hydrogen) atoms. The van der Waals surface area contributed by atoms with Crippen LogP contribution in [0.2, 0.25) is 0 Å². The Hall–Kier alpha value is -2.34. The Kier molecular flexibility index (Phi) is 4.39. The second-order valence-corrected chi connectivity index (χ2v) is 5.80. The van der Waals surface area contributed by atoms with Gasteiger partial charge < -0.3 is 9.80 Å². The van der Waals surface area contributed by atoms with Crippen LogP contribution in [0.3, 0.4) is 0 Å². The van der Waals surface area contributed by atoms with Gasteiger partial charge >= 0.3 is 0 Å². The van der Waals surface area contributed by atoms with Crippen LogP contribution in [0.4, 0.5) is 5.95 Å². The number of aromatic nitrogens is 2. The molecule has 3 rings (SSSR count). The number of carbonyl (C=O) groups excluding carboxylic acids is 1. The number of likely N-dealkylation sites (tertiary alicyclic amines) is 1. The fourth-order valence-electron chi connectivity index (χ4n) is 3.27. The zero-order valence-electron chi connectivity index (χ0n) is 12.4. The van der Waals surface area contributed by atoms with E-state index in [0.717, 1.165) is 31.9 Å². The summed E-state index contributed by atoms with van der Waals surface area (Å²) in [6.07, 6.45) is 5.86. The van der Waals surface area contributed by atoms with Gasteiger partial charge in [-0.25, -0.2) is 9.97 Å². The van der Waals surface area contributed by atoms with Gasteiger partial charge in [-0.05, 0) is 30.4 Å². The third kappa shape index (κ3) is 3.12. The summed E-state index contributed by atoms with van der Waals surface area (Å²) in [6, 6.07) is 2.09. The SMILES string of the molecule is [N-]=[N+]=NCC1CC(=O)N(C2CCN(c3ncccn3)CC2)C1. The molecule has 0 bridgehead atoms. The van der Waals surface area contributed by atoms with Crippen molar-refractivity contribution in [3.05, 3.63) is 28.9 Å². The molecular weight excluding hydrogens is 282 g/mol. The maximum absolute atomic E-state index is 12.2. The Labute approximate surface area is 128 Å². The normalized spacial score (nSPS) is 22.7. The highest BCUT2D eigenvalue weighted by atomic mass is 16.2. The highest BCUT2D eigenvalue weighted by molar-refractivity contribution is 5.79. The molecule has 1 aromatic rings. The van der Waals surface area contributed by atoms with Crippen LogP contribution in [0.5, 0.6) is 0 Å². The molecule has 2 aliphatic heterocycles. The zero-order chi connectivity index (χ0) is 15.4. The molecule has 1 amide bonds. The van der Waals surface area contributed by atoms with E-state index in [-0.39, 0.29) is 17.9 Å². The van der Waals surface area contributed by atoms with Gasteiger partial charge in [-0.3, -0.25) is 4.79 Å². The highest BCUT2D eigenvalue weighted by Crippen LogP contribution is 2.26. The van der Waals surface area contributed by atoms with Crippen molar-refractivity contribution in [1.82, 2.24) is 14.9 Å². The lowest BCUT2D eigenvalue weighted by atomic mass is 10.0. The number of azide groups is 1. The summed E-state index contributed by atoms with van der Waals surface area (Å²) in [5.74, 6) is 1.11. The molecule has 1 unspecified atom stereocenters. The van der Waals surface area contributed by atoms with Gasteiger partial charge in [0.2, 0.25) is 11.9 Å². The van der Waals surface area contributed by atoms with Gasteiger partial charge in [0.25, 0.3) is 0 Å². The first-order chi connectivity index (χ1) is 10.8. The molecule has 0 aromatic carbocycles. The number of amides is 1. The summed E-state index contributed by atoms with van der Waals surface area (Å²) in [7, 11) is 0. The van der Waals surface area contributed by atoms with Crippen molar-refractivity contribution in [2.24, 2.45) is 11.0 Å². The number of carbonyl (C=O) groups is 1. The summed E-state index contributed by atoms with van der Waals surface area (Å²) in [4.78, 5) is 27.6. The highest BCUT2D eigenvalue weighted by Gasteiger charge is 2.35. The van der Waals surface area contributed by atoms with Crippen LogP contribution in [0.1, 0.15) is 19.3 Å². The van der Waals surface area contributed by atoms with Gasteiger partial charge in [0, 0.05) is 55.9 Å². The lowest BCUT2D eigenvalue weighted by Gasteiger charge is -2.36. The van der Waals surface area contributed by atoms with Crippen LogP contribution in [-0.4, -0.2) is 53.0 Å². The van der Waals surface area contributed by atoms with Crippen molar-refractivity contribution in [1.29, 1.82) is 0 Å². The van der Waals surface area contributed by atoms with Crippen molar-refractivity contribution in [3.8, 4) is 0 Å². The van der Waals surface area contributed by atoms with E-state index in [1.54, 1.807) is 12.4 Å². The van der Waals surface area contributed by atoms with Crippen LogP contribution < -0.4 is 4.90 Å². The van der Waals surface area contributed by atoms with E-state index in [9.17, 15) is 4.79 Å². The van der Waals surface area contributed by atoms with E-state index < -0.39 is 0 Å². The average Bonchev–Trinajstić information content (AvgIpc) is 2.95. The molecule has 0 N–H and O–H groups in total. The van der Waals surface area contributed by atoms with E-state index in [1.807, 2.05) is 11.0 Å². The minimum atomic E-state index is 0.166. The lowest BCUT2D eigenvalue weighted by molar-refractivity contribution is -0.130. The monoisotopic (exact) mass is 301 g/mol. The average molecular weight is 301 g/mol. The summed E-state index contributed by atoms with van der Waals surface area (Å²) in [5.41, 5.74) is 8.39. The summed E-state index contributed by atoms with van der Waals surface area (Å²) < 4.78 is 0. The first-order valence-electron chi connectivity index (χ1n) is 7.60. The largest absolute Gasteiger partial charge is 0.341 e. The molecule has 8 nitrogen and oxygen atoms in total. The van der Waals surface area contributed by atoms with Gasteiger partial charge in [-0.1, -0.05) is 5.11 Å². The van der Waals surface area contributed by atoms with Gasteiger partial charge in [0.1, 0.15) is 0 Å². The number of hydrogen-bond acceptors (Lipinski definition) is 5. The predicted octanol–water partition coefficient (Wildman–Crippen LogP) is 1.60. The van der Waals surface area contributed by atoms with Crippen molar-refractivity contribution in [2.45, 2.75) is 25.3 Å². The Morgan fingerprint density at radius 3 is 2.73 bits per heavy atom. The molecule has 1 aromatic heterocycles. The molecule has 0 radical (unpaired) electrons. The van der Waals surface area contributed by atoms with Crippen molar-refractivity contribution < 1.29 is 4.79 Å². The minimum Gasteiger partial charge on any atom is -0.341 e. The third-order valence-corrected chi connectivity index (χ3v) is 4.38. The molecule has 1 atom stereocenters. The Morgan fingerprint density at radius 1 is 1.32 bits per heavy atom. The lowest BCUT2D eigenvalue weighted by Crippen LogP contribution is -2.46. The van der Waals surface area contributed by atoms with Crippen molar-refractivity contribution in [3.63, 3.8) is 0 Å². The van der Waals surface area contributed by atoms with Crippen LogP contribution in [-0.2, 0) is 4.79 Å². The Balaban J connectivity index is 1.55. The fourth-order valence-corrected chi connectivity index (χ4v) is 3.27. The number of piperidine rings is 1.